The van der Waals surface area contributed by atoms with Crippen LogP contribution in [0.25, 0.3) is 0 Å². The molecule has 18 heavy (non-hydrogen) atoms. The van der Waals surface area contributed by atoms with Gasteiger partial charge in [-0.3, -0.25) is 0 Å². The number of pyridine rings is 1. The average molecular weight is 313 g/mol. The van der Waals surface area contributed by atoms with Crippen molar-refractivity contribution in [3.05, 3.63) is 16.2 Å². The summed E-state index contributed by atoms with van der Waals surface area (Å²) in [6.45, 7) is 6.37. The van der Waals surface area contributed by atoms with E-state index in [0.29, 0.717) is 12.0 Å². The largest absolute Gasteiger partial charge is 0.397 e. The second kappa shape index (κ2) is 5.05. The van der Waals surface area contributed by atoms with E-state index in [1.807, 2.05) is 6.92 Å². The van der Waals surface area contributed by atoms with Crippen molar-refractivity contribution in [1.29, 1.82) is 0 Å². The van der Waals surface area contributed by atoms with Gasteiger partial charge >= 0.3 is 0 Å². The maximum Gasteiger partial charge on any atom is 0.143 e. The van der Waals surface area contributed by atoms with Crippen LogP contribution in [0.15, 0.2) is 10.7 Å². The Labute approximate surface area is 117 Å². The lowest BCUT2D eigenvalue weighted by molar-refractivity contribution is 0.266. The van der Waals surface area contributed by atoms with E-state index in [1.54, 1.807) is 6.20 Å². The molecule has 100 valence electrons. The molecule has 1 aromatic heterocycles. The lowest BCUT2D eigenvalue weighted by Crippen LogP contribution is -2.34. The molecule has 0 spiro atoms. The minimum atomic E-state index is 0.580. The van der Waals surface area contributed by atoms with Crippen molar-refractivity contribution < 1.29 is 0 Å². The second-order valence-electron chi connectivity index (χ2n) is 5.39. The van der Waals surface area contributed by atoms with Crippen LogP contribution in [-0.2, 0) is 0 Å². The van der Waals surface area contributed by atoms with E-state index in [4.69, 9.17) is 5.73 Å². The van der Waals surface area contributed by atoms with Gasteiger partial charge < -0.3 is 15.5 Å². The van der Waals surface area contributed by atoms with Gasteiger partial charge in [-0.25, -0.2) is 4.98 Å². The summed E-state index contributed by atoms with van der Waals surface area (Å²) in [4.78, 5) is 9.12. The highest BCUT2D eigenvalue weighted by Gasteiger charge is 2.32. The number of nitrogens with two attached hydrogens (primary N) is 1. The van der Waals surface area contributed by atoms with Crippen molar-refractivity contribution >= 4 is 27.4 Å². The van der Waals surface area contributed by atoms with Crippen molar-refractivity contribution in [3.8, 4) is 0 Å². The van der Waals surface area contributed by atoms with Crippen LogP contribution in [0.1, 0.15) is 12.5 Å². The third-order valence-corrected chi connectivity index (χ3v) is 4.77. The highest BCUT2D eigenvalue weighted by atomic mass is 79.9. The van der Waals surface area contributed by atoms with Gasteiger partial charge in [0.15, 0.2) is 0 Å². The van der Waals surface area contributed by atoms with E-state index in [0.717, 1.165) is 34.6 Å². The molecular weight excluding hydrogens is 292 g/mol. The minimum absolute atomic E-state index is 0.580. The molecule has 2 atom stereocenters. The van der Waals surface area contributed by atoms with Gasteiger partial charge in [0.05, 0.1) is 16.4 Å². The number of aromatic nitrogens is 1. The lowest BCUT2D eigenvalue weighted by atomic mass is 10.1. The first kappa shape index (κ1) is 13.6. The molecular formula is C13H21BrN4. The van der Waals surface area contributed by atoms with Gasteiger partial charge in [0.1, 0.15) is 5.82 Å². The normalized spacial score (nSPS) is 24.0. The number of hydrogen-bond donors (Lipinski definition) is 1. The monoisotopic (exact) mass is 312 g/mol. The van der Waals surface area contributed by atoms with Crippen molar-refractivity contribution in [2.24, 2.45) is 5.92 Å². The molecule has 2 rings (SSSR count). The van der Waals surface area contributed by atoms with Crippen LogP contribution in [-0.4, -0.2) is 43.1 Å². The van der Waals surface area contributed by atoms with E-state index < -0.39 is 0 Å². The molecule has 0 bridgehead atoms. The number of rotatable bonds is 2. The third-order valence-electron chi connectivity index (χ3n) is 3.82. The minimum Gasteiger partial charge on any atom is -0.397 e. The first-order chi connectivity index (χ1) is 8.41. The molecule has 1 aliphatic heterocycles. The molecule has 0 saturated carbocycles. The van der Waals surface area contributed by atoms with Gasteiger partial charge in [0.25, 0.3) is 0 Å². The summed E-state index contributed by atoms with van der Waals surface area (Å²) in [5.41, 5.74) is 7.68. The molecule has 5 heteroatoms. The van der Waals surface area contributed by atoms with E-state index in [1.165, 1.54) is 0 Å². The van der Waals surface area contributed by atoms with Gasteiger partial charge in [-0.1, -0.05) is 6.92 Å². The van der Waals surface area contributed by atoms with E-state index in [9.17, 15) is 0 Å². The van der Waals surface area contributed by atoms with Crippen molar-refractivity contribution in [1.82, 2.24) is 9.88 Å². The fraction of sp³-hybridized carbons (Fsp3) is 0.615. The Kier molecular flexibility index (Phi) is 3.82. The molecule has 0 aliphatic carbocycles. The molecule has 1 aliphatic rings. The summed E-state index contributed by atoms with van der Waals surface area (Å²) < 4.78 is 1.02. The van der Waals surface area contributed by atoms with Gasteiger partial charge in [-0.15, -0.1) is 0 Å². The Bertz CT molecular complexity index is 447. The standard InChI is InChI=1S/C13H21BrN4/c1-8-6-18(7-11(8)17(3)4)13-12(14)9(2)10(15)5-16-13/h5,8,11H,6-7,15H2,1-4H3. The number of likely N-dealkylation sites (N-methyl/N-ethyl adjacent to an activating group) is 1. The summed E-state index contributed by atoms with van der Waals surface area (Å²) in [6, 6.07) is 0.580. The third kappa shape index (κ3) is 2.34. The number of halogens is 1. The Morgan fingerprint density at radius 3 is 2.67 bits per heavy atom. The van der Waals surface area contributed by atoms with E-state index >= 15 is 0 Å². The molecule has 2 unspecified atom stereocenters. The van der Waals surface area contributed by atoms with Crippen molar-refractivity contribution in [2.45, 2.75) is 19.9 Å². The highest BCUT2D eigenvalue weighted by Crippen LogP contribution is 2.33. The molecule has 4 nitrogen and oxygen atoms in total. The predicted molar refractivity (Wildman–Crippen MR) is 79.9 cm³/mol. The summed E-state index contributed by atoms with van der Waals surface area (Å²) in [7, 11) is 4.28. The summed E-state index contributed by atoms with van der Waals surface area (Å²) >= 11 is 3.62. The van der Waals surface area contributed by atoms with Crippen LogP contribution in [0.3, 0.4) is 0 Å². The Morgan fingerprint density at radius 1 is 1.44 bits per heavy atom. The number of nitrogens with zero attached hydrogens (tertiary/aromatic N) is 3. The number of anilines is 2. The van der Waals surface area contributed by atoms with Crippen molar-refractivity contribution in [2.75, 3.05) is 37.8 Å². The van der Waals surface area contributed by atoms with E-state index in [2.05, 4.69) is 51.7 Å². The number of nitrogen functional groups attached to an aromatic ring is 1. The Balaban J connectivity index is 2.27. The van der Waals surface area contributed by atoms with Crippen LogP contribution < -0.4 is 10.6 Å². The zero-order valence-corrected chi connectivity index (χ0v) is 13.0. The fourth-order valence-corrected chi connectivity index (χ4v) is 3.18. The summed E-state index contributed by atoms with van der Waals surface area (Å²) in [5, 5.41) is 0. The molecule has 0 radical (unpaired) electrons. The zero-order valence-electron chi connectivity index (χ0n) is 11.4. The van der Waals surface area contributed by atoms with Crippen LogP contribution in [0.4, 0.5) is 11.5 Å². The van der Waals surface area contributed by atoms with Gasteiger partial charge in [-0.05, 0) is 48.4 Å². The molecule has 2 heterocycles. The number of hydrogen-bond acceptors (Lipinski definition) is 4. The van der Waals surface area contributed by atoms with Crippen LogP contribution in [0.5, 0.6) is 0 Å². The van der Waals surface area contributed by atoms with E-state index in [-0.39, 0.29) is 0 Å². The molecule has 1 saturated heterocycles. The summed E-state index contributed by atoms with van der Waals surface area (Å²) in [5.74, 6) is 1.66. The second-order valence-corrected chi connectivity index (χ2v) is 6.18. The van der Waals surface area contributed by atoms with Gasteiger partial charge in [-0.2, -0.15) is 0 Å². The molecule has 1 aromatic rings. The Hall–Kier alpha value is -0.810. The smallest absolute Gasteiger partial charge is 0.143 e. The predicted octanol–water partition coefficient (Wildman–Crippen LogP) is 2.12. The topological polar surface area (TPSA) is 45.4 Å². The first-order valence-corrected chi connectivity index (χ1v) is 7.03. The quantitative estimate of drug-likeness (QED) is 0.908. The van der Waals surface area contributed by atoms with Crippen LogP contribution in [0.2, 0.25) is 0 Å². The molecule has 1 fully saturated rings. The maximum atomic E-state index is 5.87. The Morgan fingerprint density at radius 2 is 2.11 bits per heavy atom. The molecule has 0 aromatic carbocycles. The first-order valence-electron chi connectivity index (χ1n) is 6.23. The SMILES string of the molecule is Cc1c(N)cnc(N2CC(C)C(N(C)C)C2)c1Br. The average Bonchev–Trinajstić information content (AvgIpc) is 2.68. The highest BCUT2D eigenvalue weighted by molar-refractivity contribution is 9.10. The van der Waals surface area contributed by atoms with Gasteiger partial charge in [0, 0.05) is 19.1 Å². The molecule has 0 amide bonds. The lowest BCUT2D eigenvalue weighted by Gasteiger charge is -2.23. The van der Waals surface area contributed by atoms with Crippen molar-refractivity contribution in [3.63, 3.8) is 0 Å². The van der Waals surface area contributed by atoms with Gasteiger partial charge in [0.2, 0.25) is 0 Å². The van der Waals surface area contributed by atoms with Crippen LogP contribution in [0, 0.1) is 12.8 Å². The maximum absolute atomic E-state index is 5.87. The van der Waals surface area contributed by atoms with Crippen LogP contribution >= 0.6 is 15.9 Å². The zero-order chi connectivity index (χ0) is 13.4. The molecule has 2 N–H and O–H groups in total. The fourth-order valence-electron chi connectivity index (χ4n) is 2.59. The summed E-state index contributed by atoms with van der Waals surface area (Å²) in [6.07, 6.45) is 1.75.